The topological polar surface area (TPSA) is 18.8 Å². The van der Waals surface area contributed by atoms with Crippen LogP contribution in [-0.4, -0.2) is 42.8 Å². The molecule has 0 unspecified atom stereocenters. The van der Waals surface area contributed by atoms with Gasteiger partial charge >= 0.3 is 0 Å². The van der Waals surface area contributed by atoms with Gasteiger partial charge in [-0.3, -0.25) is 9.91 Å². The summed E-state index contributed by atoms with van der Waals surface area (Å²) in [5.41, 5.74) is 1.39. The Balaban J connectivity index is 1.85. The van der Waals surface area contributed by atoms with E-state index in [0.29, 0.717) is 0 Å². The first-order valence-corrected chi connectivity index (χ1v) is 5.36. The second-order valence-electron chi connectivity index (χ2n) is 3.86. The molecule has 15 heavy (non-hydrogen) atoms. The Kier molecular flexibility index (Phi) is 3.35. The van der Waals surface area contributed by atoms with Crippen molar-refractivity contribution in [3.05, 3.63) is 35.9 Å². The van der Waals surface area contributed by atoms with E-state index in [-0.39, 0.29) is 0 Å². The van der Waals surface area contributed by atoms with Crippen LogP contribution in [0.5, 0.6) is 0 Å². The van der Waals surface area contributed by atoms with Gasteiger partial charge in [-0.1, -0.05) is 30.3 Å². The van der Waals surface area contributed by atoms with Crippen LogP contribution in [0.1, 0.15) is 5.56 Å². The van der Waals surface area contributed by atoms with E-state index in [1.807, 2.05) is 5.01 Å². The fourth-order valence-corrected chi connectivity index (χ4v) is 1.88. The Morgan fingerprint density at radius 2 is 1.73 bits per heavy atom. The van der Waals surface area contributed by atoms with Gasteiger partial charge in [0.25, 0.3) is 0 Å². The van der Waals surface area contributed by atoms with E-state index in [0.717, 1.165) is 32.7 Å². The van der Waals surface area contributed by atoms with E-state index in [1.54, 1.807) is 0 Å². The Hall–Kier alpha value is -1.35. The number of piperazine rings is 1. The van der Waals surface area contributed by atoms with Gasteiger partial charge in [-0.05, 0) is 5.56 Å². The van der Waals surface area contributed by atoms with Crippen LogP contribution < -0.4 is 0 Å². The molecule has 1 aliphatic rings. The van der Waals surface area contributed by atoms with Gasteiger partial charge in [0.1, 0.15) is 0 Å². The third kappa shape index (κ3) is 2.80. The average molecular weight is 203 g/mol. The summed E-state index contributed by atoms with van der Waals surface area (Å²) in [4.78, 5) is 2.46. The molecule has 1 saturated heterocycles. The molecule has 3 heteroatoms. The van der Waals surface area contributed by atoms with Crippen LogP contribution in [0.15, 0.2) is 35.4 Å². The van der Waals surface area contributed by atoms with Crippen molar-refractivity contribution in [2.24, 2.45) is 5.10 Å². The number of rotatable bonds is 3. The smallest absolute Gasteiger partial charge is 0.0488 e. The lowest BCUT2D eigenvalue weighted by Gasteiger charge is -2.32. The maximum Gasteiger partial charge on any atom is 0.0488 e. The lowest BCUT2D eigenvalue weighted by molar-refractivity contribution is 0.131. The van der Waals surface area contributed by atoms with Gasteiger partial charge in [0.15, 0.2) is 0 Å². The highest BCUT2D eigenvalue weighted by molar-refractivity contribution is 5.22. The molecule has 1 aliphatic heterocycles. The third-order valence-corrected chi connectivity index (χ3v) is 2.80. The van der Waals surface area contributed by atoms with Crippen molar-refractivity contribution in [2.75, 3.05) is 26.2 Å². The van der Waals surface area contributed by atoms with Gasteiger partial charge in [-0.15, -0.1) is 0 Å². The minimum absolute atomic E-state index is 0.996. The molecule has 0 saturated carbocycles. The average Bonchev–Trinajstić information content (AvgIpc) is 2.31. The second kappa shape index (κ2) is 4.94. The molecular formula is C12H17N3. The molecule has 1 fully saturated rings. The van der Waals surface area contributed by atoms with E-state index >= 15 is 0 Å². The Bertz CT molecular complexity index is 302. The molecular weight excluding hydrogens is 186 g/mol. The van der Waals surface area contributed by atoms with Gasteiger partial charge in [-0.2, -0.15) is 5.10 Å². The Morgan fingerprint density at radius 1 is 1.07 bits per heavy atom. The van der Waals surface area contributed by atoms with Crippen molar-refractivity contribution < 1.29 is 0 Å². The van der Waals surface area contributed by atoms with E-state index < -0.39 is 0 Å². The van der Waals surface area contributed by atoms with Crippen molar-refractivity contribution in [2.45, 2.75) is 6.54 Å². The quantitative estimate of drug-likeness (QED) is 0.692. The summed E-state index contributed by atoms with van der Waals surface area (Å²) in [6.07, 6.45) is 0. The van der Waals surface area contributed by atoms with Crippen molar-refractivity contribution in [1.82, 2.24) is 9.91 Å². The van der Waals surface area contributed by atoms with Gasteiger partial charge in [-0.25, -0.2) is 0 Å². The zero-order valence-corrected chi connectivity index (χ0v) is 8.97. The predicted molar refractivity (Wildman–Crippen MR) is 62.8 cm³/mol. The van der Waals surface area contributed by atoms with Crippen LogP contribution in [0.4, 0.5) is 0 Å². The summed E-state index contributed by atoms with van der Waals surface area (Å²) < 4.78 is 0. The van der Waals surface area contributed by atoms with E-state index in [1.165, 1.54) is 5.56 Å². The standard InChI is InChI=1S/C12H17N3/c1-13-15-9-7-14(8-10-15)11-12-5-3-2-4-6-12/h2-6H,1,7-11H2. The van der Waals surface area contributed by atoms with Crippen LogP contribution in [0.3, 0.4) is 0 Å². The molecule has 80 valence electrons. The normalized spacial score (nSPS) is 17.7. The van der Waals surface area contributed by atoms with Gasteiger partial charge in [0.2, 0.25) is 0 Å². The fourth-order valence-electron chi connectivity index (χ4n) is 1.88. The second-order valence-corrected chi connectivity index (χ2v) is 3.86. The van der Waals surface area contributed by atoms with Crippen molar-refractivity contribution >= 4 is 6.72 Å². The molecule has 0 atom stereocenters. The van der Waals surface area contributed by atoms with E-state index in [4.69, 9.17) is 0 Å². The lowest BCUT2D eigenvalue weighted by atomic mass is 10.2. The lowest BCUT2D eigenvalue weighted by Crippen LogP contribution is -2.43. The zero-order chi connectivity index (χ0) is 10.5. The van der Waals surface area contributed by atoms with Crippen LogP contribution in [0.25, 0.3) is 0 Å². The van der Waals surface area contributed by atoms with Gasteiger partial charge in [0, 0.05) is 39.4 Å². The largest absolute Gasteiger partial charge is 0.295 e. The molecule has 1 aromatic carbocycles. The number of hydrazone groups is 1. The molecule has 2 rings (SSSR count). The highest BCUT2D eigenvalue weighted by atomic mass is 15.5. The zero-order valence-electron chi connectivity index (χ0n) is 8.97. The summed E-state index contributed by atoms with van der Waals surface area (Å²) in [5.74, 6) is 0. The van der Waals surface area contributed by atoms with Gasteiger partial charge in [0.05, 0.1) is 0 Å². The summed E-state index contributed by atoms with van der Waals surface area (Å²) in [5, 5.41) is 5.97. The van der Waals surface area contributed by atoms with Crippen molar-refractivity contribution in [3.63, 3.8) is 0 Å². The first-order chi connectivity index (χ1) is 7.38. The molecule has 0 amide bonds. The molecule has 3 nitrogen and oxygen atoms in total. The first kappa shape index (κ1) is 10.2. The van der Waals surface area contributed by atoms with E-state index in [2.05, 4.69) is 47.1 Å². The molecule has 1 heterocycles. The molecule has 0 aromatic heterocycles. The highest BCUT2D eigenvalue weighted by Gasteiger charge is 2.14. The van der Waals surface area contributed by atoms with E-state index in [9.17, 15) is 0 Å². The number of nitrogens with zero attached hydrogens (tertiary/aromatic N) is 3. The fraction of sp³-hybridized carbons (Fsp3) is 0.417. The summed E-state index contributed by atoms with van der Waals surface area (Å²) >= 11 is 0. The van der Waals surface area contributed by atoms with Crippen LogP contribution >= 0.6 is 0 Å². The molecule has 0 spiro atoms. The minimum Gasteiger partial charge on any atom is -0.295 e. The molecule has 1 aromatic rings. The van der Waals surface area contributed by atoms with Crippen molar-refractivity contribution in [1.29, 1.82) is 0 Å². The molecule has 0 N–H and O–H groups in total. The number of hydrogen-bond acceptors (Lipinski definition) is 3. The minimum atomic E-state index is 0.996. The summed E-state index contributed by atoms with van der Waals surface area (Å²) in [6.45, 7) is 8.75. The monoisotopic (exact) mass is 203 g/mol. The van der Waals surface area contributed by atoms with Crippen LogP contribution in [-0.2, 0) is 6.54 Å². The summed E-state index contributed by atoms with van der Waals surface area (Å²) in [7, 11) is 0. The Labute approximate surface area is 91.0 Å². The number of hydrogen-bond donors (Lipinski definition) is 0. The molecule has 0 radical (unpaired) electrons. The maximum atomic E-state index is 3.95. The SMILES string of the molecule is C=NN1CCN(Cc2ccccc2)CC1. The van der Waals surface area contributed by atoms with Crippen molar-refractivity contribution in [3.8, 4) is 0 Å². The predicted octanol–water partition coefficient (Wildman–Crippen LogP) is 1.42. The maximum absolute atomic E-state index is 3.95. The third-order valence-electron chi connectivity index (χ3n) is 2.80. The molecule has 0 aliphatic carbocycles. The first-order valence-electron chi connectivity index (χ1n) is 5.36. The molecule has 0 bridgehead atoms. The van der Waals surface area contributed by atoms with Crippen LogP contribution in [0, 0.1) is 0 Å². The Morgan fingerprint density at radius 3 is 2.33 bits per heavy atom. The van der Waals surface area contributed by atoms with Gasteiger partial charge < -0.3 is 0 Å². The number of benzene rings is 1. The summed E-state index contributed by atoms with van der Waals surface area (Å²) in [6, 6.07) is 10.6. The van der Waals surface area contributed by atoms with Crippen LogP contribution in [0.2, 0.25) is 0 Å². The highest BCUT2D eigenvalue weighted by Crippen LogP contribution is 2.07.